The van der Waals surface area contributed by atoms with Gasteiger partial charge in [0.15, 0.2) is 0 Å². The third-order valence-corrected chi connectivity index (χ3v) is 3.45. The third kappa shape index (κ3) is 7.05. The first kappa shape index (κ1) is 15.0. The van der Waals surface area contributed by atoms with E-state index in [2.05, 4.69) is 39.5 Å². The lowest BCUT2D eigenvalue weighted by atomic mass is 9.89. The van der Waals surface area contributed by atoms with Crippen molar-refractivity contribution >= 4 is 0 Å². The predicted octanol–water partition coefficient (Wildman–Crippen LogP) is 3.56. The topological polar surface area (TPSA) is 12.5 Å². The fourth-order valence-electron chi connectivity index (χ4n) is 2.59. The highest BCUT2D eigenvalue weighted by atomic mass is 16.5. The molecule has 1 fully saturated rings. The van der Waals surface area contributed by atoms with Crippen LogP contribution in [0.5, 0.6) is 0 Å². The highest BCUT2D eigenvalue weighted by molar-refractivity contribution is 4.73. The second-order valence-electron chi connectivity index (χ2n) is 6.88. The second kappa shape index (κ2) is 6.75. The van der Waals surface area contributed by atoms with Crippen molar-refractivity contribution in [3.05, 3.63) is 0 Å². The SMILES string of the molecule is CC(C)CC1CCN(CCOC(C)(C)C)CC1. The van der Waals surface area contributed by atoms with Crippen LogP contribution in [0.3, 0.4) is 0 Å². The van der Waals surface area contributed by atoms with Gasteiger partial charge in [0.25, 0.3) is 0 Å². The zero-order valence-corrected chi connectivity index (χ0v) is 12.5. The van der Waals surface area contributed by atoms with Gasteiger partial charge < -0.3 is 9.64 Å². The van der Waals surface area contributed by atoms with Crippen LogP contribution in [-0.4, -0.2) is 36.7 Å². The minimum absolute atomic E-state index is 0.00989. The molecule has 0 bridgehead atoms. The monoisotopic (exact) mass is 241 g/mol. The number of likely N-dealkylation sites (tertiary alicyclic amines) is 1. The van der Waals surface area contributed by atoms with E-state index < -0.39 is 0 Å². The summed E-state index contributed by atoms with van der Waals surface area (Å²) in [6.45, 7) is 15.6. The van der Waals surface area contributed by atoms with E-state index in [1.807, 2.05) is 0 Å². The van der Waals surface area contributed by atoms with E-state index in [9.17, 15) is 0 Å². The van der Waals surface area contributed by atoms with Gasteiger partial charge in [-0.15, -0.1) is 0 Å². The molecule has 0 saturated carbocycles. The lowest BCUT2D eigenvalue weighted by Crippen LogP contribution is -2.37. The Bertz CT molecular complexity index is 199. The van der Waals surface area contributed by atoms with Gasteiger partial charge in [0.05, 0.1) is 12.2 Å². The molecule has 0 atom stereocenters. The molecule has 0 aromatic carbocycles. The molecule has 0 amide bonds. The Balaban J connectivity index is 2.11. The molecule has 0 aromatic rings. The van der Waals surface area contributed by atoms with Crippen molar-refractivity contribution < 1.29 is 4.74 Å². The third-order valence-electron chi connectivity index (χ3n) is 3.45. The van der Waals surface area contributed by atoms with Gasteiger partial charge in [-0.3, -0.25) is 0 Å². The number of piperidine rings is 1. The molecule has 1 heterocycles. The minimum Gasteiger partial charge on any atom is -0.375 e. The van der Waals surface area contributed by atoms with Crippen LogP contribution in [0.2, 0.25) is 0 Å². The van der Waals surface area contributed by atoms with Crippen molar-refractivity contribution in [2.24, 2.45) is 11.8 Å². The van der Waals surface area contributed by atoms with E-state index in [0.717, 1.165) is 25.0 Å². The average molecular weight is 241 g/mol. The standard InChI is InChI=1S/C15H31NO/c1-13(2)12-14-6-8-16(9-7-14)10-11-17-15(3,4)5/h13-14H,6-12H2,1-5H3. The van der Waals surface area contributed by atoms with Crippen LogP contribution >= 0.6 is 0 Å². The molecule has 0 radical (unpaired) electrons. The fraction of sp³-hybridized carbons (Fsp3) is 1.00. The normalized spacial score (nSPS) is 20.1. The van der Waals surface area contributed by atoms with Crippen molar-refractivity contribution in [2.45, 2.75) is 59.5 Å². The smallest absolute Gasteiger partial charge is 0.0600 e. The zero-order chi connectivity index (χ0) is 12.9. The molecule has 1 aliphatic heterocycles. The van der Waals surface area contributed by atoms with Crippen LogP contribution in [0.1, 0.15) is 53.9 Å². The van der Waals surface area contributed by atoms with Crippen molar-refractivity contribution in [3.63, 3.8) is 0 Å². The van der Waals surface area contributed by atoms with Gasteiger partial charge in [0.1, 0.15) is 0 Å². The summed E-state index contributed by atoms with van der Waals surface area (Å²) in [5.41, 5.74) is 0.00989. The highest BCUT2D eigenvalue weighted by Crippen LogP contribution is 2.23. The number of nitrogens with zero attached hydrogens (tertiary/aromatic N) is 1. The van der Waals surface area contributed by atoms with E-state index in [1.54, 1.807) is 0 Å². The fourth-order valence-corrected chi connectivity index (χ4v) is 2.59. The van der Waals surface area contributed by atoms with Crippen molar-refractivity contribution in [2.75, 3.05) is 26.2 Å². The molecule has 1 rings (SSSR count). The van der Waals surface area contributed by atoms with E-state index in [4.69, 9.17) is 4.74 Å². The molecule has 1 aliphatic rings. The number of rotatable bonds is 5. The largest absolute Gasteiger partial charge is 0.375 e. The van der Waals surface area contributed by atoms with Gasteiger partial charge in [-0.2, -0.15) is 0 Å². The number of hydrogen-bond donors (Lipinski definition) is 0. The Hall–Kier alpha value is -0.0800. The van der Waals surface area contributed by atoms with Crippen LogP contribution in [0.4, 0.5) is 0 Å². The molecule has 102 valence electrons. The summed E-state index contributed by atoms with van der Waals surface area (Å²) in [5.74, 6) is 1.82. The molecule has 17 heavy (non-hydrogen) atoms. The van der Waals surface area contributed by atoms with Gasteiger partial charge in [-0.25, -0.2) is 0 Å². The van der Waals surface area contributed by atoms with Crippen LogP contribution < -0.4 is 0 Å². The first-order valence-corrected chi connectivity index (χ1v) is 7.23. The van der Waals surface area contributed by atoms with Gasteiger partial charge >= 0.3 is 0 Å². The maximum absolute atomic E-state index is 5.78. The van der Waals surface area contributed by atoms with Crippen molar-refractivity contribution in [1.29, 1.82) is 0 Å². The first-order valence-electron chi connectivity index (χ1n) is 7.23. The zero-order valence-electron chi connectivity index (χ0n) is 12.5. The van der Waals surface area contributed by atoms with Gasteiger partial charge in [-0.05, 0) is 65.0 Å². The maximum Gasteiger partial charge on any atom is 0.0600 e. The quantitative estimate of drug-likeness (QED) is 0.730. The van der Waals surface area contributed by atoms with Crippen LogP contribution in [0, 0.1) is 11.8 Å². The Labute approximate surface area is 108 Å². The molecule has 2 nitrogen and oxygen atoms in total. The summed E-state index contributed by atoms with van der Waals surface area (Å²) in [4.78, 5) is 2.56. The predicted molar refractivity (Wildman–Crippen MR) is 74.3 cm³/mol. The van der Waals surface area contributed by atoms with Crippen LogP contribution in [-0.2, 0) is 4.74 Å². The first-order chi connectivity index (χ1) is 7.87. The van der Waals surface area contributed by atoms with Gasteiger partial charge in [-0.1, -0.05) is 13.8 Å². The molecular weight excluding hydrogens is 210 g/mol. The van der Waals surface area contributed by atoms with Crippen LogP contribution in [0.25, 0.3) is 0 Å². The minimum atomic E-state index is 0.00989. The lowest BCUT2D eigenvalue weighted by molar-refractivity contribution is -0.0165. The van der Waals surface area contributed by atoms with E-state index >= 15 is 0 Å². The van der Waals surface area contributed by atoms with Gasteiger partial charge in [0.2, 0.25) is 0 Å². The molecule has 1 saturated heterocycles. The molecule has 2 heteroatoms. The highest BCUT2D eigenvalue weighted by Gasteiger charge is 2.20. The van der Waals surface area contributed by atoms with Crippen molar-refractivity contribution in [1.82, 2.24) is 4.90 Å². The molecule has 0 aromatic heterocycles. The molecule has 0 N–H and O–H groups in total. The summed E-state index contributed by atoms with van der Waals surface area (Å²) in [7, 11) is 0. The van der Waals surface area contributed by atoms with E-state index in [-0.39, 0.29) is 5.60 Å². The summed E-state index contributed by atoms with van der Waals surface area (Å²) >= 11 is 0. The lowest BCUT2D eigenvalue weighted by Gasteiger charge is -2.33. The average Bonchev–Trinajstić information content (AvgIpc) is 2.18. The Kier molecular flexibility index (Phi) is 5.94. The molecule has 0 aliphatic carbocycles. The number of ether oxygens (including phenoxy) is 1. The van der Waals surface area contributed by atoms with Crippen LogP contribution in [0.15, 0.2) is 0 Å². The Morgan fingerprint density at radius 1 is 1.18 bits per heavy atom. The van der Waals surface area contributed by atoms with Gasteiger partial charge in [0, 0.05) is 6.54 Å². The maximum atomic E-state index is 5.78. The molecule has 0 spiro atoms. The summed E-state index contributed by atoms with van der Waals surface area (Å²) in [5, 5.41) is 0. The molecular formula is C15H31NO. The van der Waals surface area contributed by atoms with E-state index in [1.165, 1.54) is 32.4 Å². The number of hydrogen-bond acceptors (Lipinski definition) is 2. The van der Waals surface area contributed by atoms with Crippen molar-refractivity contribution in [3.8, 4) is 0 Å². The van der Waals surface area contributed by atoms with E-state index in [0.29, 0.717) is 0 Å². The Morgan fingerprint density at radius 2 is 1.76 bits per heavy atom. The summed E-state index contributed by atoms with van der Waals surface area (Å²) in [6.07, 6.45) is 4.17. The summed E-state index contributed by atoms with van der Waals surface area (Å²) in [6, 6.07) is 0. The summed E-state index contributed by atoms with van der Waals surface area (Å²) < 4.78 is 5.78. The second-order valence-corrected chi connectivity index (χ2v) is 6.88. The molecule has 0 unspecified atom stereocenters. The Morgan fingerprint density at radius 3 is 2.24 bits per heavy atom.